The lowest BCUT2D eigenvalue weighted by Gasteiger charge is -2.26. The summed E-state index contributed by atoms with van der Waals surface area (Å²) in [6, 6.07) is 13.7. The Morgan fingerprint density at radius 1 is 1.07 bits per heavy atom. The molecule has 1 saturated heterocycles. The van der Waals surface area contributed by atoms with Gasteiger partial charge in [0.2, 0.25) is 0 Å². The van der Waals surface area contributed by atoms with E-state index in [2.05, 4.69) is 0 Å². The molecule has 1 aromatic heterocycles. The van der Waals surface area contributed by atoms with Gasteiger partial charge in [0.1, 0.15) is 22.8 Å². The summed E-state index contributed by atoms with van der Waals surface area (Å²) in [6.07, 6.45) is 1.74. The fraction of sp³-hybridized carbons (Fsp3) is 0.304. The maximum Gasteiger partial charge on any atom is 0.336 e. The average Bonchev–Trinajstić information content (AvgIpc) is 3.26. The van der Waals surface area contributed by atoms with Crippen LogP contribution in [-0.2, 0) is 4.79 Å². The van der Waals surface area contributed by atoms with Crippen LogP contribution in [0.15, 0.2) is 57.7 Å². The van der Waals surface area contributed by atoms with Gasteiger partial charge in [0.15, 0.2) is 6.61 Å². The summed E-state index contributed by atoms with van der Waals surface area (Å²) in [5.41, 5.74) is 0.922. The quantitative estimate of drug-likeness (QED) is 0.580. The molecule has 0 unspecified atom stereocenters. The van der Waals surface area contributed by atoms with Gasteiger partial charge >= 0.3 is 5.63 Å². The number of carbonyl (C=O) groups excluding carboxylic acids is 1. The third-order valence-corrected chi connectivity index (χ3v) is 5.33. The minimum absolute atomic E-state index is 0.0965. The average molecular weight is 409 g/mol. The number of hydrogen-bond donors (Lipinski definition) is 0. The molecule has 0 N–H and O–H groups in total. The van der Waals surface area contributed by atoms with Crippen molar-refractivity contribution in [1.29, 1.82) is 0 Å². The highest BCUT2D eigenvalue weighted by molar-refractivity contribution is 5.80. The molecule has 3 aromatic rings. The normalized spacial score (nSPS) is 15.9. The highest BCUT2D eigenvalue weighted by atomic mass is 16.5. The van der Waals surface area contributed by atoms with Crippen molar-refractivity contribution in [2.75, 3.05) is 27.4 Å². The molecular formula is C23H23NO6. The van der Waals surface area contributed by atoms with E-state index in [1.807, 2.05) is 23.1 Å². The maximum atomic E-state index is 12.9. The van der Waals surface area contributed by atoms with Gasteiger partial charge in [-0.25, -0.2) is 4.79 Å². The first-order chi connectivity index (χ1) is 14.6. The molecule has 2 heterocycles. The Bertz CT molecular complexity index is 1120. The minimum atomic E-state index is -0.428. The number of benzene rings is 2. The van der Waals surface area contributed by atoms with Crippen LogP contribution in [0.4, 0.5) is 0 Å². The third-order valence-electron chi connectivity index (χ3n) is 5.33. The van der Waals surface area contributed by atoms with Gasteiger partial charge in [-0.1, -0.05) is 0 Å². The van der Waals surface area contributed by atoms with Crippen molar-refractivity contribution in [3.63, 3.8) is 0 Å². The predicted octanol–water partition coefficient (Wildman–Crippen LogP) is 3.55. The Kier molecular flexibility index (Phi) is 5.61. The summed E-state index contributed by atoms with van der Waals surface area (Å²) < 4.78 is 21.7. The van der Waals surface area contributed by atoms with Gasteiger partial charge in [0.05, 0.1) is 20.3 Å². The maximum absolute atomic E-state index is 12.9. The number of rotatable bonds is 6. The van der Waals surface area contributed by atoms with E-state index in [9.17, 15) is 9.59 Å². The number of amides is 1. The van der Waals surface area contributed by atoms with E-state index in [0.29, 0.717) is 17.9 Å². The molecule has 0 saturated carbocycles. The highest BCUT2D eigenvalue weighted by Gasteiger charge is 2.32. The Morgan fingerprint density at radius 2 is 1.87 bits per heavy atom. The molecule has 0 aliphatic carbocycles. The molecule has 0 spiro atoms. The molecule has 1 fully saturated rings. The van der Waals surface area contributed by atoms with E-state index in [1.165, 1.54) is 6.07 Å². The van der Waals surface area contributed by atoms with E-state index < -0.39 is 5.63 Å². The van der Waals surface area contributed by atoms with Gasteiger partial charge < -0.3 is 23.5 Å². The van der Waals surface area contributed by atoms with Gasteiger partial charge in [-0.15, -0.1) is 0 Å². The molecule has 7 heteroatoms. The van der Waals surface area contributed by atoms with Gasteiger partial charge in [-0.05, 0) is 49.2 Å². The van der Waals surface area contributed by atoms with E-state index in [1.54, 1.807) is 38.5 Å². The molecule has 1 amide bonds. The number of hydrogen-bond acceptors (Lipinski definition) is 6. The lowest BCUT2D eigenvalue weighted by atomic mass is 10.0. The zero-order valence-electron chi connectivity index (χ0n) is 16.9. The van der Waals surface area contributed by atoms with Crippen LogP contribution in [0.3, 0.4) is 0 Å². The second-order valence-corrected chi connectivity index (χ2v) is 7.10. The van der Waals surface area contributed by atoms with Gasteiger partial charge in [0.25, 0.3) is 5.91 Å². The molecule has 30 heavy (non-hydrogen) atoms. The van der Waals surface area contributed by atoms with E-state index in [0.717, 1.165) is 35.3 Å². The lowest BCUT2D eigenvalue weighted by Crippen LogP contribution is -2.34. The van der Waals surface area contributed by atoms with Crippen molar-refractivity contribution in [2.45, 2.75) is 18.9 Å². The molecular weight excluding hydrogens is 386 g/mol. The minimum Gasteiger partial charge on any atom is -0.497 e. The van der Waals surface area contributed by atoms with Crippen LogP contribution in [0.1, 0.15) is 24.4 Å². The summed E-state index contributed by atoms with van der Waals surface area (Å²) >= 11 is 0. The van der Waals surface area contributed by atoms with E-state index in [-0.39, 0.29) is 18.6 Å². The van der Waals surface area contributed by atoms with Crippen LogP contribution in [-0.4, -0.2) is 38.2 Å². The first-order valence-electron chi connectivity index (χ1n) is 9.77. The summed E-state index contributed by atoms with van der Waals surface area (Å²) in [5.74, 6) is 1.81. The van der Waals surface area contributed by atoms with Crippen molar-refractivity contribution >= 4 is 16.9 Å². The number of methoxy groups -OCH3 is 2. The monoisotopic (exact) mass is 409 g/mol. The van der Waals surface area contributed by atoms with Crippen LogP contribution in [0.2, 0.25) is 0 Å². The summed E-state index contributed by atoms with van der Waals surface area (Å²) in [5, 5.41) is 0.790. The standard InChI is InChI=1S/C23H23NO6/c1-27-16-8-9-20(28-2)18(12-16)19-4-3-11-24(19)22(25)14-29-17-7-5-15-6-10-23(26)30-21(15)13-17/h5-10,12-13,19H,3-4,11,14H2,1-2H3/t19-/m1/s1. The predicted molar refractivity (Wildman–Crippen MR) is 111 cm³/mol. The molecule has 0 bridgehead atoms. The Morgan fingerprint density at radius 3 is 2.67 bits per heavy atom. The number of carbonyl (C=O) groups is 1. The largest absolute Gasteiger partial charge is 0.497 e. The molecule has 7 nitrogen and oxygen atoms in total. The van der Waals surface area contributed by atoms with Gasteiger partial charge in [0, 0.05) is 29.6 Å². The van der Waals surface area contributed by atoms with E-state index in [4.69, 9.17) is 18.6 Å². The smallest absolute Gasteiger partial charge is 0.336 e. The zero-order valence-corrected chi connectivity index (χ0v) is 16.9. The fourth-order valence-electron chi connectivity index (χ4n) is 3.85. The first-order valence-corrected chi connectivity index (χ1v) is 9.77. The van der Waals surface area contributed by atoms with Crippen molar-refractivity contribution in [2.24, 2.45) is 0 Å². The molecule has 156 valence electrons. The molecule has 0 radical (unpaired) electrons. The van der Waals surface area contributed by atoms with Crippen molar-refractivity contribution < 1.29 is 23.4 Å². The van der Waals surface area contributed by atoms with Gasteiger partial charge in [-0.2, -0.15) is 0 Å². The number of nitrogens with zero attached hydrogens (tertiary/aromatic N) is 1. The molecule has 1 aliphatic heterocycles. The fourth-order valence-corrected chi connectivity index (χ4v) is 3.85. The van der Waals surface area contributed by atoms with Crippen molar-refractivity contribution in [3.05, 3.63) is 64.5 Å². The van der Waals surface area contributed by atoms with Gasteiger partial charge in [-0.3, -0.25) is 4.79 Å². The second-order valence-electron chi connectivity index (χ2n) is 7.10. The van der Waals surface area contributed by atoms with Crippen LogP contribution in [0, 0.1) is 0 Å². The number of fused-ring (bicyclic) bond motifs is 1. The summed E-state index contributed by atoms with van der Waals surface area (Å²) in [4.78, 5) is 26.2. The number of likely N-dealkylation sites (tertiary alicyclic amines) is 1. The van der Waals surface area contributed by atoms with E-state index >= 15 is 0 Å². The zero-order chi connectivity index (χ0) is 21.1. The summed E-state index contributed by atoms with van der Waals surface area (Å²) in [7, 11) is 3.23. The van der Waals surface area contributed by atoms with Crippen LogP contribution in [0.25, 0.3) is 11.0 Å². The summed E-state index contributed by atoms with van der Waals surface area (Å²) in [6.45, 7) is 0.547. The number of ether oxygens (including phenoxy) is 3. The van der Waals surface area contributed by atoms with Crippen molar-refractivity contribution in [3.8, 4) is 17.2 Å². The molecule has 1 aliphatic rings. The molecule has 1 atom stereocenters. The Hall–Kier alpha value is -3.48. The lowest BCUT2D eigenvalue weighted by molar-refractivity contribution is -0.134. The highest BCUT2D eigenvalue weighted by Crippen LogP contribution is 2.39. The topological polar surface area (TPSA) is 78.2 Å². The molecule has 4 rings (SSSR count). The Labute approximate surface area is 173 Å². The first kappa shape index (κ1) is 19.8. The van der Waals surface area contributed by atoms with Crippen molar-refractivity contribution in [1.82, 2.24) is 4.90 Å². The SMILES string of the molecule is COc1ccc(OC)c([C@H]2CCCN2C(=O)COc2ccc3ccc(=O)oc3c2)c1. The third kappa shape index (κ3) is 3.96. The Balaban J connectivity index is 1.50. The second kappa shape index (κ2) is 8.49. The molecule has 2 aromatic carbocycles. The van der Waals surface area contributed by atoms with Crippen LogP contribution in [0.5, 0.6) is 17.2 Å². The van der Waals surface area contributed by atoms with Crippen LogP contribution >= 0.6 is 0 Å². The van der Waals surface area contributed by atoms with Crippen LogP contribution < -0.4 is 19.8 Å².